The Bertz CT molecular complexity index is 708. The second-order valence-electron chi connectivity index (χ2n) is 5.81. The summed E-state index contributed by atoms with van der Waals surface area (Å²) in [7, 11) is 0. The largest absolute Gasteiger partial charge is 0.369 e. The van der Waals surface area contributed by atoms with Crippen LogP contribution in [-0.2, 0) is 9.59 Å². The highest BCUT2D eigenvalue weighted by Crippen LogP contribution is 2.22. The van der Waals surface area contributed by atoms with Crippen LogP contribution in [0, 0.1) is 5.92 Å². The number of imidazole rings is 1. The van der Waals surface area contributed by atoms with Gasteiger partial charge in [0.1, 0.15) is 0 Å². The predicted molar refractivity (Wildman–Crippen MR) is 93.2 cm³/mol. The first-order valence-electron chi connectivity index (χ1n) is 7.94. The van der Waals surface area contributed by atoms with Crippen LogP contribution in [0.15, 0.2) is 41.7 Å². The van der Waals surface area contributed by atoms with Crippen LogP contribution in [-0.4, -0.2) is 45.5 Å². The van der Waals surface area contributed by atoms with E-state index in [0.717, 1.165) is 16.4 Å². The maximum Gasteiger partial charge on any atom is 0.233 e. The third kappa shape index (κ3) is 3.97. The van der Waals surface area contributed by atoms with Gasteiger partial charge < -0.3 is 15.6 Å². The molecule has 2 amide bonds. The highest BCUT2D eigenvalue weighted by atomic mass is 32.2. The van der Waals surface area contributed by atoms with Crippen LogP contribution in [0.1, 0.15) is 12.8 Å². The number of carbonyl (C=O) groups is 2. The van der Waals surface area contributed by atoms with E-state index < -0.39 is 0 Å². The van der Waals surface area contributed by atoms with E-state index in [2.05, 4.69) is 9.97 Å². The molecule has 1 aromatic heterocycles. The van der Waals surface area contributed by atoms with Crippen molar-refractivity contribution >= 4 is 23.6 Å². The van der Waals surface area contributed by atoms with Crippen LogP contribution in [0.25, 0.3) is 11.3 Å². The zero-order valence-corrected chi connectivity index (χ0v) is 14.1. The molecule has 0 saturated carbocycles. The highest BCUT2D eigenvalue weighted by Gasteiger charge is 2.25. The molecule has 2 heterocycles. The van der Waals surface area contributed by atoms with Crippen LogP contribution in [0.4, 0.5) is 0 Å². The monoisotopic (exact) mass is 344 g/mol. The number of thioether (sulfide) groups is 1. The molecule has 0 unspecified atom stereocenters. The van der Waals surface area contributed by atoms with Crippen molar-refractivity contribution in [2.24, 2.45) is 11.7 Å². The van der Waals surface area contributed by atoms with Crippen molar-refractivity contribution in [3.8, 4) is 11.3 Å². The molecule has 0 atom stereocenters. The number of rotatable bonds is 5. The minimum Gasteiger partial charge on any atom is -0.369 e. The molecule has 0 spiro atoms. The summed E-state index contributed by atoms with van der Waals surface area (Å²) < 4.78 is 0. The van der Waals surface area contributed by atoms with Gasteiger partial charge in [-0.1, -0.05) is 42.1 Å². The summed E-state index contributed by atoms with van der Waals surface area (Å²) in [5, 5.41) is 0.731. The van der Waals surface area contributed by atoms with Crippen LogP contribution < -0.4 is 5.73 Å². The number of nitrogens with one attached hydrogen (secondary N) is 1. The fraction of sp³-hybridized carbons (Fsp3) is 0.353. The van der Waals surface area contributed by atoms with E-state index in [1.54, 1.807) is 11.1 Å². The van der Waals surface area contributed by atoms with E-state index in [4.69, 9.17) is 5.73 Å². The molecule has 0 radical (unpaired) electrons. The number of nitrogens with two attached hydrogens (primary N) is 1. The van der Waals surface area contributed by atoms with Crippen molar-refractivity contribution in [3.63, 3.8) is 0 Å². The van der Waals surface area contributed by atoms with Gasteiger partial charge >= 0.3 is 0 Å². The normalized spacial score (nSPS) is 15.4. The second-order valence-corrected chi connectivity index (χ2v) is 6.78. The Hall–Kier alpha value is -2.28. The van der Waals surface area contributed by atoms with Crippen molar-refractivity contribution in [1.29, 1.82) is 0 Å². The Morgan fingerprint density at radius 1 is 1.25 bits per heavy atom. The van der Waals surface area contributed by atoms with Crippen LogP contribution in [0.3, 0.4) is 0 Å². The molecule has 2 aromatic rings. The van der Waals surface area contributed by atoms with Gasteiger partial charge in [-0.2, -0.15) is 0 Å². The number of likely N-dealkylation sites (tertiary alicyclic amines) is 1. The van der Waals surface area contributed by atoms with E-state index in [9.17, 15) is 9.59 Å². The summed E-state index contributed by atoms with van der Waals surface area (Å²) in [6.45, 7) is 1.20. The van der Waals surface area contributed by atoms with Gasteiger partial charge in [0, 0.05) is 19.0 Å². The number of carbonyl (C=O) groups excluding carboxylic acids is 2. The summed E-state index contributed by atoms with van der Waals surface area (Å²) in [5.74, 6) is 0.0458. The standard InChI is InChI=1S/C17H20N4O2S/c18-16(23)13-6-8-21(9-7-13)15(22)11-24-17-19-10-14(20-17)12-4-2-1-3-5-12/h1-5,10,13H,6-9,11H2,(H2,18,23)(H,19,20). The third-order valence-electron chi connectivity index (χ3n) is 4.22. The Labute approximate surface area is 144 Å². The molecule has 7 heteroatoms. The molecule has 3 N–H and O–H groups in total. The van der Waals surface area contributed by atoms with Crippen LogP contribution >= 0.6 is 11.8 Å². The Morgan fingerprint density at radius 2 is 1.96 bits per heavy atom. The Balaban J connectivity index is 1.50. The first-order valence-corrected chi connectivity index (χ1v) is 8.92. The molecule has 6 nitrogen and oxygen atoms in total. The molecule has 3 rings (SSSR count). The fourth-order valence-electron chi connectivity index (χ4n) is 2.78. The molecule has 1 fully saturated rings. The highest BCUT2D eigenvalue weighted by molar-refractivity contribution is 7.99. The molecule has 1 saturated heterocycles. The summed E-state index contributed by atoms with van der Waals surface area (Å²) in [5.41, 5.74) is 7.32. The van der Waals surface area contributed by atoms with E-state index in [0.29, 0.717) is 31.7 Å². The number of piperidine rings is 1. The molecule has 126 valence electrons. The molecule has 0 aliphatic carbocycles. The minimum atomic E-state index is -0.263. The average Bonchev–Trinajstić information content (AvgIpc) is 3.09. The zero-order valence-electron chi connectivity index (χ0n) is 13.3. The maximum atomic E-state index is 12.3. The summed E-state index contributed by atoms with van der Waals surface area (Å²) in [4.78, 5) is 32.8. The molecule has 24 heavy (non-hydrogen) atoms. The van der Waals surface area contributed by atoms with Gasteiger partial charge in [-0.15, -0.1) is 0 Å². The van der Waals surface area contributed by atoms with Crippen LogP contribution in [0.5, 0.6) is 0 Å². The van der Waals surface area contributed by atoms with Gasteiger partial charge in [0.15, 0.2) is 5.16 Å². The van der Waals surface area contributed by atoms with Gasteiger partial charge in [0.2, 0.25) is 11.8 Å². The van der Waals surface area contributed by atoms with E-state index >= 15 is 0 Å². The third-order valence-corrected chi connectivity index (χ3v) is 5.09. The number of aromatic amines is 1. The quantitative estimate of drug-likeness (QED) is 0.810. The number of benzene rings is 1. The zero-order chi connectivity index (χ0) is 16.9. The first-order chi connectivity index (χ1) is 11.6. The van der Waals surface area contributed by atoms with Crippen molar-refractivity contribution in [2.75, 3.05) is 18.8 Å². The smallest absolute Gasteiger partial charge is 0.233 e. The van der Waals surface area contributed by atoms with Crippen molar-refractivity contribution in [1.82, 2.24) is 14.9 Å². The Kier molecular flexibility index (Phi) is 5.20. The number of hydrogen-bond acceptors (Lipinski definition) is 4. The number of nitrogens with zero attached hydrogens (tertiary/aromatic N) is 2. The lowest BCUT2D eigenvalue weighted by molar-refractivity contribution is -0.132. The summed E-state index contributed by atoms with van der Waals surface area (Å²) in [6.07, 6.45) is 3.09. The summed E-state index contributed by atoms with van der Waals surface area (Å²) >= 11 is 1.40. The van der Waals surface area contributed by atoms with Gasteiger partial charge in [0.05, 0.1) is 17.6 Å². The molecule has 1 aromatic carbocycles. The van der Waals surface area contributed by atoms with Gasteiger partial charge in [0.25, 0.3) is 0 Å². The average molecular weight is 344 g/mol. The Morgan fingerprint density at radius 3 is 2.62 bits per heavy atom. The van der Waals surface area contributed by atoms with E-state index in [1.807, 2.05) is 30.3 Å². The van der Waals surface area contributed by atoms with Crippen LogP contribution in [0.2, 0.25) is 0 Å². The number of primary amides is 1. The SMILES string of the molecule is NC(=O)C1CCN(C(=O)CSc2ncc(-c3ccccc3)[nH]2)CC1. The first kappa shape index (κ1) is 16.6. The number of H-pyrrole nitrogens is 1. The van der Waals surface area contributed by atoms with Gasteiger partial charge in [-0.05, 0) is 18.4 Å². The van der Waals surface area contributed by atoms with E-state index in [-0.39, 0.29) is 17.7 Å². The van der Waals surface area contributed by atoms with Crippen molar-refractivity contribution < 1.29 is 9.59 Å². The maximum absolute atomic E-state index is 12.3. The molecule has 1 aliphatic heterocycles. The topological polar surface area (TPSA) is 92.1 Å². The fourth-order valence-corrected chi connectivity index (χ4v) is 3.53. The lowest BCUT2D eigenvalue weighted by atomic mass is 9.96. The summed E-state index contributed by atoms with van der Waals surface area (Å²) in [6, 6.07) is 9.94. The molecule has 1 aliphatic rings. The number of amides is 2. The molecular weight excluding hydrogens is 324 g/mol. The van der Waals surface area contributed by atoms with E-state index in [1.165, 1.54) is 11.8 Å². The minimum absolute atomic E-state index is 0.0700. The van der Waals surface area contributed by atoms with Crippen molar-refractivity contribution in [2.45, 2.75) is 18.0 Å². The lowest BCUT2D eigenvalue weighted by Crippen LogP contribution is -2.42. The number of aromatic nitrogens is 2. The predicted octanol–water partition coefficient (Wildman–Crippen LogP) is 1.89. The van der Waals surface area contributed by atoms with Crippen molar-refractivity contribution in [3.05, 3.63) is 36.5 Å². The van der Waals surface area contributed by atoms with Gasteiger partial charge in [-0.25, -0.2) is 4.98 Å². The number of hydrogen-bond donors (Lipinski definition) is 2. The molecular formula is C17H20N4O2S. The lowest BCUT2D eigenvalue weighted by Gasteiger charge is -2.30. The second kappa shape index (κ2) is 7.53. The molecule has 0 bridgehead atoms. The van der Waals surface area contributed by atoms with Gasteiger partial charge in [-0.3, -0.25) is 9.59 Å².